The van der Waals surface area contributed by atoms with Gasteiger partial charge in [0.05, 0.1) is 5.69 Å². The van der Waals surface area contributed by atoms with Crippen molar-refractivity contribution in [1.29, 1.82) is 0 Å². The molecule has 0 saturated heterocycles. The van der Waals surface area contributed by atoms with Crippen molar-refractivity contribution in [2.45, 2.75) is 13.8 Å². The van der Waals surface area contributed by atoms with Crippen molar-refractivity contribution in [2.24, 2.45) is 0 Å². The molecule has 15 heavy (non-hydrogen) atoms. The Hall–Kier alpha value is -1.21. The fraction of sp³-hybridized carbons (Fsp3) is 0.375. The molecule has 0 aliphatic rings. The summed E-state index contributed by atoms with van der Waals surface area (Å²) < 4.78 is 1.79. The lowest BCUT2D eigenvalue weighted by molar-refractivity contribution is 0.932. The second kappa shape index (κ2) is 4.11. The van der Waals surface area contributed by atoms with E-state index in [1.165, 1.54) is 0 Å². The smallest absolute Gasteiger partial charge is 0.250 e. The number of hydrogen-bond donors (Lipinski definition) is 2. The van der Waals surface area contributed by atoms with Crippen LogP contribution >= 0.6 is 23.6 Å². The topological polar surface area (TPSA) is 54.2 Å². The summed E-state index contributed by atoms with van der Waals surface area (Å²) in [5.41, 5.74) is 1.07. The zero-order valence-corrected chi connectivity index (χ0v) is 10.1. The number of nitrogens with one attached hydrogen (secondary N) is 2. The number of thiocarbonyl (C=S) groups is 1. The van der Waals surface area contributed by atoms with Crippen LogP contribution in [0, 0.1) is 6.92 Å². The number of hydrogen-bond acceptors (Lipinski definition) is 4. The molecule has 0 fully saturated rings. The van der Waals surface area contributed by atoms with Crippen LogP contribution in [0.15, 0.2) is 5.38 Å². The zero-order valence-electron chi connectivity index (χ0n) is 8.44. The van der Waals surface area contributed by atoms with Crippen molar-refractivity contribution in [3.05, 3.63) is 11.1 Å². The summed E-state index contributed by atoms with van der Waals surface area (Å²) in [5.74, 6) is 0.538. The van der Waals surface area contributed by atoms with Gasteiger partial charge in [-0.25, -0.2) is 4.52 Å². The van der Waals surface area contributed by atoms with E-state index in [-0.39, 0.29) is 0 Å². The normalized spacial score (nSPS) is 10.5. The molecular weight excluding hydrogens is 230 g/mol. The highest BCUT2D eigenvalue weighted by molar-refractivity contribution is 7.80. The molecule has 2 N–H and O–H groups in total. The molecule has 0 amide bonds. The molecule has 0 spiro atoms. The van der Waals surface area contributed by atoms with Gasteiger partial charge in [-0.1, -0.05) is 0 Å². The quantitative estimate of drug-likeness (QED) is 0.779. The number of aryl methyl sites for hydroxylation is 1. The predicted octanol–water partition coefficient (Wildman–Crippen LogP) is 1.41. The minimum atomic E-state index is 0.538. The first-order valence-electron chi connectivity index (χ1n) is 4.56. The molecule has 2 aromatic rings. The lowest BCUT2D eigenvalue weighted by Gasteiger charge is -2.03. The van der Waals surface area contributed by atoms with Crippen molar-refractivity contribution in [2.75, 3.05) is 11.9 Å². The summed E-state index contributed by atoms with van der Waals surface area (Å²) in [6, 6.07) is 0. The highest BCUT2D eigenvalue weighted by Gasteiger charge is 2.07. The number of rotatable bonds is 2. The van der Waals surface area contributed by atoms with E-state index < -0.39 is 0 Å². The third-order valence-electron chi connectivity index (χ3n) is 1.81. The third kappa shape index (κ3) is 2.07. The molecule has 2 aromatic heterocycles. The van der Waals surface area contributed by atoms with Crippen LogP contribution in [-0.4, -0.2) is 26.3 Å². The van der Waals surface area contributed by atoms with Gasteiger partial charge in [-0.05, 0) is 26.1 Å². The van der Waals surface area contributed by atoms with E-state index in [0.29, 0.717) is 11.1 Å². The molecule has 0 saturated carbocycles. The number of nitrogens with zero attached hydrogens (tertiary/aromatic N) is 3. The fourth-order valence-electron chi connectivity index (χ4n) is 1.15. The number of anilines is 1. The molecule has 2 rings (SSSR count). The summed E-state index contributed by atoms with van der Waals surface area (Å²) in [6.07, 6.45) is 0. The molecule has 0 bridgehead atoms. The Kier molecular flexibility index (Phi) is 2.83. The van der Waals surface area contributed by atoms with Crippen molar-refractivity contribution in [3.8, 4) is 0 Å². The monoisotopic (exact) mass is 241 g/mol. The summed E-state index contributed by atoms with van der Waals surface area (Å²) >= 11 is 6.60. The highest BCUT2D eigenvalue weighted by atomic mass is 32.1. The van der Waals surface area contributed by atoms with Gasteiger partial charge in [0.15, 0.2) is 5.11 Å². The standard InChI is InChI=1S/C8H11N5S2/c1-3-9-7(14)10-6-11-8-13(12-6)5(2)4-15-8/h4H,3H2,1-2H3,(H2,9,10,12,14). The van der Waals surface area contributed by atoms with Crippen LogP contribution in [0.3, 0.4) is 0 Å². The minimum Gasteiger partial charge on any atom is -0.363 e. The van der Waals surface area contributed by atoms with Gasteiger partial charge in [-0.2, -0.15) is 4.98 Å². The van der Waals surface area contributed by atoms with Gasteiger partial charge in [0, 0.05) is 11.9 Å². The maximum Gasteiger partial charge on any atom is 0.250 e. The van der Waals surface area contributed by atoms with Crippen LogP contribution in [-0.2, 0) is 0 Å². The highest BCUT2D eigenvalue weighted by Crippen LogP contribution is 2.14. The average Bonchev–Trinajstić information content (AvgIpc) is 2.69. The molecule has 0 atom stereocenters. The first-order chi connectivity index (χ1) is 7.20. The molecule has 5 nitrogen and oxygen atoms in total. The van der Waals surface area contributed by atoms with E-state index in [4.69, 9.17) is 12.2 Å². The van der Waals surface area contributed by atoms with Crippen LogP contribution in [0.4, 0.5) is 5.95 Å². The van der Waals surface area contributed by atoms with Crippen molar-refractivity contribution >= 4 is 39.6 Å². The summed E-state index contributed by atoms with van der Waals surface area (Å²) in [5, 5.41) is 12.7. The van der Waals surface area contributed by atoms with E-state index in [1.54, 1.807) is 15.9 Å². The van der Waals surface area contributed by atoms with Crippen molar-refractivity contribution < 1.29 is 0 Å². The fourth-order valence-corrected chi connectivity index (χ4v) is 2.19. The van der Waals surface area contributed by atoms with E-state index in [0.717, 1.165) is 17.2 Å². The first kappa shape index (κ1) is 10.3. The zero-order chi connectivity index (χ0) is 10.8. The number of fused-ring (bicyclic) bond motifs is 1. The Morgan fingerprint density at radius 3 is 3.13 bits per heavy atom. The van der Waals surface area contributed by atoms with Crippen LogP contribution in [0.2, 0.25) is 0 Å². The van der Waals surface area contributed by atoms with Crippen molar-refractivity contribution in [3.63, 3.8) is 0 Å². The maximum atomic E-state index is 5.04. The molecular formula is C8H11N5S2. The van der Waals surface area contributed by atoms with Gasteiger partial charge in [-0.15, -0.1) is 16.4 Å². The van der Waals surface area contributed by atoms with Gasteiger partial charge in [0.25, 0.3) is 0 Å². The molecule has 0 radical (unpaired) electrons. The molecule has 2 heterocycles. The summed E-state index contributed by atoms with van der Waals surface area (Å²) in [6.45, 7) is 4.76. The van der Waals surface area contributed by atoms with Gasteiger partial charge < -0.3 is 5.32 Å². The molecule has 0 aromatic carbocycles. The van der Waals surface area contributed by atoms with E-state index >= 15 is 0 Å². The van der Waals surface area contributed by atoms with Crippen molar-refractivity contribution in [1.82, 2.24) is 19.9 Å². The molecule has 0 aliphatic heterocycles. The van der Waals surface area contributed by atoms with Gasteiger partial charge in [0.2, 0.25) is 10.9 Å². The Balaban J connectivity index is 2.18. The van der Waals surface area contributed by atoms with E-state index in [2.05, 4.69) is 20.7 Å². The second-order valence-corrected chi connectivity index (χ2v) is 4.24. The maximum absolute atomic E-state index is 5.04. The van der Waals surface area contributed by atoms with Crippen LogP contribution in [0.1, 0.15) is 12.6 Å². The largest absolute Gasteiger partial charge is 0.363 e. The van der Waals surface area contributed by atoms with Crippen LogP contribution in [0.25, 0.3) is 4.96 Å². The Morgan fingerprint density at radius 2 is 2.47 bits per heavy atom. The van der Waals surface area contributed by atoms with Gasteiger partial charge in [0.1, 0.15) is 0 Å². The number of thiazole rings is 1. The summed E-state index contributed by atoms with van der Waals surface area (Å²) in [7, 11) is 0. The van der Waals surface area contributed by atoms with Gasteiger partial charge in [-0.3, -0.25) is 5.32 Å². The first-order valence-corrected chi connectivity index (χ1v) is 5.85. The van der Waals surface area contributed by atoms with Crippen LogP contribution in [0.5, 0.6) is 0 Å². The molecule has 80 valence electrons. The lowest BCUT2D eigenvalue weighted by Crippen LogP contribution is -2.28. The third-order valence-corrected chi connectivity index (χ3v) is 2.99. The van der Waals surface area contributed by atoms with Gasteiger partial charge >= 0.3 is 0 Å². The lowest BCUT2D eigenvalue weighted by atomic mass is 10.6. The Morgan fingerprint density at radius 1 is 1.67 bits per heavy atom. The van der Waals surface area contributed by atoms with Crippen LogP contribution < -0.4 is 10.6 Å². The number of aromatic nitrogens is 3. The summed E-state index contributed by atoms with van der Waals surface area (Å²) in [4.78, 5) is 5.16. The molecule has 0 aliphatic carbocycles. The molecule has 7 heteroatoms. The van der Waals surface area contributed by atoms with E-state index in [1.807, 2.05) is 19.2 Å². The van der Waals surface area contributed by atoms with E-state index in [9.17, 15) is 0 Å². The Labute approximate surface area is 96.5 Å². The predicted molar refractivity (Wildman–Crippen MR) is 65.5 cm³/mol. The average molecular weight is 241 g/mol. The second-order valence-electron chi connectivity index (χ2n) is 2.99. The molecule has 0 unspecified atom stereocenters. The SMILES string of the molecule is CCNC(=S)Nc1nc2scc(C)n2n1. The Bertz CT molecular complexity index is 486. The minimum absolute atomic E-state index is 0.538.